The summed E-state index contributed by atoms with van der Waals surface area (Å²) in [6.45, 7) is 8.31. The minimum absolute atomic E-state index is 0. The Labute approximate surface area is 167 Å². The van der Waals surface area contributed by atoms with Crippen LogP contribution in [0, 0.1) is 0 Å². The third kappa shape index (κ3) is 11.8. The Bertz CT molecular complexity index is 466. The highest BCUT2D eigenvalue weighted by atomic mass is 127. The van der Waals surface area contributed by atoms with Gasteiger partial charge in [0, 0.05) is 39.4 Å². The van der Waals surface area contributed by atoms with E-state index in [4.69, 9.17) is 9.15 Å². The quantitative estimate of drug-likeness (QED) is 0.191. The maximum atomic E-state index is 11.7. The van der Waals surface area contributed by atoms with Crippen molar-refractivity contribution >= 4 is 35.8 Å². The predicted octanol–water partition coefficient (Wildman–Crippen LogP) is 2.39. The Hall–Kier alpha value is -1.29. The molecule has 8 heteroatoms. The normalized spacial score (nSPS) is 10.9. The van der Waals surface area contributed by atoms with Gasteiger partial charge in [0.15, 0.2) is 11.7 Å². The van der Waals surface area contributed by atoms with Crippen LogP contribution in [0.4, 0.5) is 0 Å². The average molecular weight is 466 g/mol. The van der Waals surface area contributed by atoms with Crippen LogP contribution in [0.1, 0.15) is 43.7 Å². The monoisotopic (exact) mass is 466 g/mol. The lowest BCUT2D eigenvalue weighted by atomic mass is 10.4. The lowest BCUT2D eigenvalue weighted by molar-refractivity contribution is 0.0926. The lowest BCUT2D eigenvalue weighted by Gasteiger charge is -2.11. The number of hydrogen-bond donors (Lipinski definition) is 3. The van der Waals surface area contributed by atoms with Gasteiger partial charge in [-0.2, -0.15) is 0 Å². The summed E-state index contributed by atoms with van der Waals surface area (Å²) in [6.07, 6.45) is 4.64. The molecule has 0 fully saturated rings. The van der Waals surface area contributed by atoms with E-state index in [1.165, 1.54) is 6.26 Å². The molecular weight excluding hydrogens is 435 g/mol. The Kier molecular flexibility index (Phi) is 15.4. The first-order valence-electron chi connectivity index (χ1n) is 8.69. The molecule has 0 spiro atoms. The van der Waals surface area contributed by atoms with Crippen LogP contribution in [0.3, 0.4) is 0 Å². The number of unbranched alkanes of at least 4 members (excludes halogenated alkanes) is 1. The van der Waals surface area contributed by atoms with Crippen LogP contribution in [0.2, 0.25) is 0 Å². The van der Waals surface area contributed by atoms with Gasteiger partial charge >= 0.3 is 0 Å². The van der Waals surface area contributed by atoms with Crippen molar-refractivity contribution in [1.29, 1.82) is 0 Å². The second kappa shape index (κ2) is 16.2. The largest absolute Gasteiger partial charge is 0.459 e. The smallest absolute Gasteiger partial charge is 0.287 e. The molecule has 0 radical (unpaired) electrons. The molecule has 7 nitrogen and oxygen atoms in total. The predicted molar refractivity (Wildman–Crippen MR) is 111 cm³/mol. The average Bonchev–Trinajstić information content (AvgIpc) is 3.12. The summed E-state index contributed by atoms with van der Waals surface area (Å²) in [5.74, 6) is 0.852. The van der Waals surface area contributed by atoms with Crippen molar-refractivity contribution < 1.29 is 13.9 Å². The van der Waals surface area contributed by atoms with E-state index < -0.39 is 0 Å². The Morgan fingerprint density at radius 1 is 1.16 bits per heavy atom. The molecule has 144 valence electrons. The number of hydrogen-bond acceptors (Lipinski definition) is 4. The number of ether oxygens (including phenoxy) is 1. The van der Waals surface area contributed by atoms with Crippen molar-refractivity contribution in [2.75, 3.05) is 39.4 Å². The topological polar surface area (TPSA) is 87.9 Å². The number of amides is 1. The van der Waals surface area contributed by atoms with Gasteiger partial charge in [-0.1, -0.05) is 13.3 Å². The maximum absolute atomic E-state index is 11.7. The first-order valence-corrected chi connectivity index (χ1v) is 8.69. The fraction of sp³-hybridized carbons (Fsp3) is 0.647. The zero-order valence-corrected chi connectivity index (χ0v) is 17.5. The van der Waals surface area contributed by atoms with Crippen molar-refractivity contribution in [3.05, 3.63) is 24.2 Å². The Morgan fingerprint density at radius 3 is 2.60 bits per heavy atom. The van der Waals surface area contributed by atoms with Gasteiger partial charge < -0.3 is 25.1 Å². The highest BCUT2D eigenvalue weighted by Crippen LogP contribution is 1.98. The van der Waals surface area contributed by atoms with Crippen LogP contribution in [0.5, 0.6) is 0 Å². The molecule has 0 aliphatic heterocycles. The van der Waals surface area contributed by atoms with Gasteiger partial charge in [0.25, 0.3) is 5.91 Å². The number of furan rings is 1. The van der Waals surface area contributed by atoms with Gasteiger partial charge in [-0.05, 0) is 31.9 Å². The summed E-state index contributed by atoms with van der Waals surface area (Å²) < 4.78 is 10.5. The number of rotatable bonds is 12. The van der Waals surface area contributed by atoms with Gasteiger partial charge in [-0.25, -0.2) is 0 Å². The minimum Gasteiger partial charge on any atom is -0.459 e. The molecule has 0 aliphatic rings. The van der Waals surface area contributed by atoms with E-state index in [9.17, 15) is 4.79 Å². The molecule has 1 heterocycles. The number of aliphatic imine (C=N–C) groups is 1. The van der Waals surface area contributed by atoms with Crippen LogP contribution in [-0.2, 0) is 4.74 Å². The molecule has 0 saturated carbocycles. The molecule has 1 rings (SSSR count). The first-order chi connectivity index (χ1) is 11.8. The summed E-state index contributed by atoms with van der Waals surface area (Å²) in [6, 6.07) is 3.33. The Balaban J connectivity index is 0.00000576. The van der Waals surface area contributed by atoms with Gasteiger partial charge in [-0.3, -0.25) is 9.79 Å². The number of nitrogens with zero attached hydrogens (tertiary/aromatic N) is 1. The van der Waals surface area contributed by atoms with Crippen molar-refractivity contribution in [1.82, 2.24) is 16.0 Å². The molecule has 0 aliphatic carbocycles. The van der Waals surface area contributed by atoms with Crippen molar-refractivity contribution in [2.45, 2.75) is 33.1 Å². The summed E-state index contributed by atoms with van der Waals surface area (Å²) in [5, 5.41) is 9.14. The van der Waals surface area contributed by atoms with Crippen molar-refractivity contribution in [2.24, 2.45) is 4.99 Å². The molecule has 1 aromatic heterocycles. The summed E-state index contributed by atoms with van der Waals surface area (Å²) in [4.78, 5) is 16.2. The molecule has 0 bridgehead atoms. The van der Waals surface area contributed by atoms with E-state index in [0.717, 1.165) is 45.0 Å². The van der Waals surface area contributed by atoms with E-state index in [0.29, 0.717) is 25.4 Å². The number of nitrogens with one attached hydrogen (secondary N) is 3. The Morgan fingerprint density at radius 2 is 1.92 bits per heavy atom. The zero-order chi connectivity index (χ0) is 17.5. The molecule has 0 saturated heterocycles. The summed E-state index contributed by atoms with van der Waals surface area (Å²) in [5.41, 5.74) is 0. The van der Waals surface area contributed by atoms with Gasteiger partial charge in [0.2, 0.25) is 0 Å². The van der Waals surface area contributed by atoms with Crippen LogP contribution < -0.4 is 16.0 Å². The molecule has 1 amide bonds. The fourth-order valence-electron chi connectivity index (χ4n) is 1.90. The zero-order valence-electron chi connectivity index (χ0n) is 15.2. The fourth-order valence-corrected chi connectivity index (χ4v) is 1.90. The highest BCUT2D eigenvalue weighted by molar-refractivity contribution is 14.0. The number of carbonyl (C=O) groups excluding carboxylic acids is 1. The van der Waals surface area contributed by atoms with Crippen LogP contribution in [0.25, 0.3) is 0 Å². The molecule has 0 aromatic carbocycles. The van der Waals surface area contributed by atoms with Crippen molar-refractivity contribution in [3.8, 4) is 0 Å². The number of guanidine groups is 1. The third-order valence-electron chi connectivity index (χ3n) is 3.15. The van der Waals surface area contributed by atoms with E-state index >= 15 is 0 Å². The van der Waals surface area contributed by atoms with E-state index in [1.54, 1.807) is 12.1 Å². The van der Waals surface area contributed by atoms with E-state index in [-0.39, 0.29) is 29.9 Å². The molecule has 0 atom stereocenters. The van der Waals surface area contributed by atoms with Crippen LogP contribution in [-0.4, -0.2) is 51.3 Å². The SMILES string of the molecule is CCCCOCCCN=C(NCC)NCCNC(=O)c1ccco1.I. The second-order valence-corrected chi connectivity index (χ2v) is 5.24. The van der Waals surface area contributed by atoms with Gasteiger partial charge in [0.05, 0.1) is 6.26 Å². The van der Waals surface area contributed by atoms with Crippen molar-refractivity contribution in [3.63, 3.8) is 0 Å². The third-order valence-corrected chi connectivity index (χ3v) is 3.15. The van der Waals surface area contributed by atoms with Crippen LogP contribution >= 0.6 is 24.0 Å². The van der Waals surface area contributed by atoms with Gasteiger partial charge in [0.1, 0.15) is 0 Å². The molecule has 1 aromatic rings. The summed E-state index contributed by atoms with van der Waals surface area (Å²) >= 11 is 0. The van der Waals surface area contributed by atoms with E-state index in [2.05, 4.69) is 27.9 Å². The second-order valence-electron chi connectivity index (χ2n) is 5.24. The van der Waals surface area contributed by atoms with Gasteiger partial charge in [-0.15, -0.1) is 24.0 Å². The number of halogens is 1. The number of carbonyl (C=O) groups is 1. The molecule has 3 N–H and O–H groups in total. The molecular formula is C17H31IN4O3. The lowest BCUT2D eigenvalue weighted by Crippen LogP contribution is -2.41. The maximum Gasteiger partial charge on any atom is 0.287 e. The van der Waals surface area contributed by atoms with Crippen LogP contribution in [0.15, 0.2) is 27.8 Å². The minimum atomic E-state index is -0.215. The summed E-state index contributed by atoms with van der Waals surface area (Å²) in [7, 11) is 0. The highest BCUT2D eigenvalue weighted by Gasteiger charge is 2.06. The molecule has 0 unspecified atom stereocenters. The molecule has 25 heavy (non-hydrogen) atoms. The van der Waals surface area contributed by atoms with E-state index in [1.807, 2.05) is 6.92 Å². The first kappa shape index (κ1) is 23.7. The standard InChI is InChI=1S/C17H30N4O3.HI/c1-3-5-12-23-13-7-9-20-17(18-4-2)21-11-10-19-16(22)15-8-6-14-24-15;/h6,8,14H,3-5,7,9-13H2,1-2H3,(H,19,22)(H2,18,20,21);1H.